The molecule has 1 aromatic carbocycles. The van der Waals surface area contributed by atoms with E-state index >= 15 is 0 Å². The zero-order valence-corrected chi connectivity index (χ0v) is 18.7. The first-order chi connectivity index (χ1) is 14.5. The number of anilines is 1. The molecule has 1 saturated heterocycles. The highest BCUT2D eigenvalue weighted by Crippen LogP contribution is 2.21. The average Bonchev–Trinajstić information content (AvgIpc) is 3.07. The second-order valence-electron chi connectivity index (χ2n) is 7.78. The van der Waals surface area contributed by atoms with Gasteiger partial charge in [-0.1, -0.05) is 19.9 Å². The summed E-state index contributed by atoms with van der Waals surface area (Å²) in [5.74, 6) is 0.678. The molecule has 164 valence electrons. The summed E-state index contributed by atoms with van der Waals surface area (Å²) in [4.78, 5) is 7.13. The summed E-state index contributed by atoms with van der Waals surface area (Å²) in [6.45, 7) is 9.67. The first-order valence-electron chi connectivity index (χ1n) is 11.1. The lowest BCUT2D eigenvalue weighted by Crippen LogP contribution is -2.48. The van der Waals surface area contributed by atoms with Crippen LogP contribution in [0.15, 0.2) is 29.3 Å². The molecule has 0 amide bonds. The highest BCUT2D eigenvalue weighted by Gasteiger charge is 2.21. The topological polar surface area (TPSA) is 57.5 Å². The Morgan fingerprint density at radius 2 is 1.97 bits per heavy atom. The van der Waals surface area contributed by atoms with Gasteiger partial charge in [-0.2, -0.15) is 5.10 Å². The molecule has 0 atom stereocenters. The minimum atomic E-state index is -0.178. The van der Waals surface area contributed by atoms with E-state index in [-0.39, 0.29) is 5.82 Å². The number of hydrogen-bond donors (Lipinski definition) is 2. The van der Waals surface area contributed by atoms with Gasteiger partial charge in [0.1, 0.15) is 5.82 Å². The van der Waals surface area contributed by atoms with Crippen molar-refractivity contribution in [1.82, 2.24) is 20.4 Å². The van der Waals surface area contributed by atoms with Gasteiger partial charge in [0.05, 0.1) is 12.2 Å². The number of hydrogen-bond acceptors (Lipinski definition) is 3. The van der Waals surface area contributed by atoms with Gasteiger partial charge in [-0.25, -0.2) is 9.38 Å². The summed E-state index contributed by atoms with van der Waals surface area (Å²) < 4.78 is 15.5. The zero-order valence-electron chi connectivity index (χ0n) is 18.7. The number of aryl methyl sites for hydroxylation is 2. The molecule has 7 heteroatoms. The lowest BCUT2D eigenvalue weighted by atomic mass is 10.0. The Morgan fingerprint density at radius 1 is 1.20 bits per heavy atom. The van der Waals surface area contributed by atoms with Gasteiger partial charge < -0.3 is 15.5 Å². The van der Waals surface area contributed by atoms with E-state index in [1.54, 1.807) is 12.1 Å². The van der Waals surface area contributed by atoms with Crippen LogP contribution in [0.4, 0.5) is 10.1 Å². The van der Waals surface area contributed by atoms with E-state index in [1.165, 1.54) is 17.3 Å². The molecule has 0 saturated carbocycles. The van der Waals surface area contributed by atoms with Gasteiger partial charge in [0.25, 0.3) is 0 Å². The van der Waals surface area contributed by atoms with Crippen LogP contribution < -0.4 is 15.5 Å². The molecule has 1 aliphatic rings. The largest absolute Gasteiger partial charge is 0.371 e. The molecule has 30 heavy (non-hydrogen) atoms. The molecule has 1 aliphatic heterocycles. The van der Waals surface area contributed by atoms with Crippen molar-refractivity contribution in [2.45, 2.75) is 59.0 Å². The van der Waals surface area contributed by atoms with Crippen LogP contribution in [0.2, 0.25) is 0 Å². The number of nitrogens with zero attached hydrogens (tertiary/aromatic N) is 4. The van der Waals surface area contributed by atoms with Crippen molar-refractivity contribution in [2.75, 3.05) is 24.5 Å². The summed E-state index contributed by atoms with van der Waals surface area (Å²) in [6, 6.07) is 7.22. The smallest absolute Gasteiger partial charge is 0.191 e. The van der Waals surface area contributed by atoms with Gasteiger partial charge in [0, 0.05) is 49.7 Å². The number of benzene rings is 1. The maximum absolute atomic E-state index is 13.5. The minimum absolute atomic E-state index is 0.178. The van der Waals surface area contributed by atoms with Crippen molar-refractivity contribution < 1.29 is 4.39 Å². The summed E-state index contributed by atoms with van der Waals surface area (Å²) in [5.41, 5.74) is 4.61. The Balaban J connectivity index is 1.62. The first-order valence-corrected chi connectivity index (χ1v) is 11.1. The third-order valence-electron chi connectivity index (χ3n) is 5.78. The SMILES string of the molecule is CCNC(=NCc1c(CC)nn(C)c1CC)NC1CCN(c2cccc(F)c2)CC1. The number of rotatable bonds is 7. The highest BCUT2D eigenvalue weighted by atomic mass is 19.1. The molecule has 3 rings (SSSR count). The maximum atomic E-state index is 13.5. The van der Waals surface area contributed by atoms with Crippen LogP contribution in [0, 0.1) is 5.82 Å². The van der Waals surface area contributed by atoms with Crippen molar-refractivity contribution >= 4 is 11.6 Å². The van der Waals surface area contributed by atoms with E-state index in [1.807, 2.05) is 17.8 Å². The Kier molecular flexibility index (Phi) is 7.71. The average molecular weight is 415 g/mol. The molecule has 0 unspecified atom stereocenters. The molecule has 1 fully saturated rings. The molecule has 0 spiro atoms. The Morgan fingerprint density at radius 3 is 2.60 bits per heavy atom. The van der Waals surface area contributed by atoms with Crippen molar-refractivity contribution in [3.63, 3.8) is 0 Å². The van der Waals surface area contributed by atoms with E-state index in [2.05, 4.69) is 41.4 Å². The van der Waals surface area contributed by atoms with E-state index in [9.17, 15) is 4.39 Å². The zero-order chi connectivity index (χ0) is 21.5. The van der Waals surface area contributed by atoms with E-state index in [0.717, 1.165) is 62.7 Å². The normalized spacial score (nSPS) is 15.5. The fraction of sp³-hybridized carbons (Fsp3) is 0.565. The lowest BCUT2D eigenvalue weighted by molar-refractivity contribution is 0.461. The number of guanidine groups is 1. The Hall–Kier alpha value is -2.57. The van der Waals surface area contributed by atoms with Gasteiger partial charge in [0.2, 0.25) is 0 Å². The minimum Gasteiger partial charge on any atom is -0.371 e. The van der Waals surface area contributed by atoms with Crippen molar-refractivity contribution in [3.8, 4) is 0 Å². The number of halogens is 1. The fourth-order valence-electron chi connectivity index (χ4n) is 4.20. The first kappa shape index (κ1) is 22.1. The second-order valence-corrected chi connectivity index (χ2v) is 7.78. The Bertz CT molecular complexity index is 851. The van der Waals surface area contributed by atoms with Gasteiger partial charge in [0.15, 0.2) is 5.96 Å². The summed E-state index contributed by atoms with van der Waals surface area (Å²) in [5, 5.41) is 11.6. The molecule has 0 bridgehead atoms. The monoisotopic (exact) mass is 414 g/mol. The Labute approximate surface area is 179 Å². The number of aromatic nitrogens is 2. The number of piperidine rings is 1. The van der Waals surface area contributed by atoms with Crippen molar-refractivity contribution in [1.29, 1.82) is 0 Å². The third-order valence-corrected chi connectivity index (χ3v) is 5.78. The predicted molar refractivity (Wildman–Crippen MR) is 122 cm³/mol. The van der Waals surface area contributed by atoms with Crippen molar-refractivity contribution in [2.24, 2.45) is 12.0 Å². The molecule has 0 radical (unpaired) electrons. The molecule has 6 nitrogen and oxygen atoms in total. The highest BCUT2D eigenvalue weighted by molar-refractivity contribution is 5.80. The van der Waals surface area contributed by atoms with Gasteiger partial charge >= 0.3 is 0 Å². The van der Waals surface area contributed by atoms with Crippen LogP contribution in [0.3, 0.4) is 0 Å². The van der Waals surface area contributed by atoms with Gasteiger partial charge in [-0.3, -0.25) is 4.68 Å². The van der Waals surface area contributed by atoms with Gasteiger partial charge in [-0.05, 0) is 50.8 Å². The number of nitrogens with one attached hydrogen (secondary N) is 2. The molecular weight excluding hydrogens is 379 g/mol. The molecule has 1 aromatic heterocycles. The van der Waals surface area contributed by atoms with Crippen molar-refractivity contribution in [3.05, 3.63) is 47.0 Å². The summed E-state index contributed by atoms with van der Waals surface area (Å²) in [6.07, 6.45) is 3.86. The second kappa shape index (κ2) is 10.5. The molecule has 2 N–H and O–H groups in total. The third kappa shape index (κ3) is 5.32. The lowest BCUT2D eigenvalue weighted by Gasteiger charge is -2.34. The maximum Gasteiger partial charge on any atom is 0.191 e. The van der Waals surface area contributed by atoms with E-state index in [4.69, 9.17) is 4.99 Å². The van der Waals surface area contributed by atoms with E-state index in [0.29, 0.717) is 12.6 Å². The summed E-state index contributed by atoms with van der Waals surface area (Å²) in [7, 11) is 2.01. The fourth-order valence-corrected chi connectivity index (χ4v) is 4.20. The molecular formula is C23H35FN6. The van der Waals surface area contributed by atoms with Crippen LogP contribution >= 0.6 is 0 Å². The number of aliphatic imine (C=N–C) groups is 1. The van der Waals surface area contributed by atoms with Crippen LogP contribution in [-0.2, 0) is 26.4 Å². The van der Waals surface area contributed by atoms with E-state index < -0.39 is 0 Å². The standard InChI is InChI=1S/C23H35FN6/c1-5-21-20(22(6-2)29(4)28-21)16-26-23(25-7-3)27-18-11-13-30(14-12-18)19-10-8-9-17(24)15-19/h8-10,15,18H,5-7,11-14,16H2,1-4H3,(H2,25,26,27). The summed E-state index contributed by atoms with van der Waals surface area (Å²) >= 11 is 0. The van der Waals surface area contributed by atoms with Crippen LogP contribution in [0.1, 0.15) is 50.6 Å². The quantitative estimate of drug-likeness (QED) is 0.539. The molecule has 0 aliphatic carbocycles. The predicted octanol–water partition coefficient (Wildman–Crippen LogP) is 3.41. The van der Waals surface area contributed by atoms with Crippen LogP contribution in [-0.4, -0.2) is 41.4 Å². The molecule has 2 aromatic rings. The van der Waals surface area contributed by atoms with Crippen LogP contribution in [0.25, 0.3) is 0 Å². The molecule has 2 heterocycles. The van der Waals surface area contributed by atoms with Gasteiger partial charge in [-0.15, -0.1) is 0 Å². The van der Waals surface area contributed by atoms with Crippen LogP contribution in [0.5, 0.6) is 0 Å².